The minimum absolute atomic E-state index is 0. The zero-order valence-corrected chi connectivity index (χ0v) is 13.8. The lowest BCUT2D eigenvalue weighted by atomic mass is 10.1. The van der Waals surface area contributed by atoms with E-state index < -0.39 is 6.04 Å². The Morgan fingerprint density at radius 1 is 1.48 bits per heavy atom. The molecule has 0 bridgehead atoms. The first-order chi connectivity index (χ1) is 9.58. The number of carbonyl (C=O) groups excluding carboxylic acids is 1. The molecule has 21 heavy (non-hydrogen) atoms. The van der Waals surface area contributed by atoms with Crippen molar-refractivity contribution in [1.82, 2.24) is 20.4 Å². The molecule has 1 amide bonds. The van der Waals surface area contributed by atoms with Crippen molar-refractivity contribution in [2.24, 2.45) is 7.05 Å². The minimum Gasteiger partial charge on any atom is -0.382 e. The largest absolute Gasteiger partial charge is 0.382 e. The molecular formula is C13H25ClN4O3. The van der Waals surface area contributed by atoms with Gasteiger partial charge in [0.1, 0.15) is 6.04 Å². The van der Waals surface area contributed by atoms with Gasteiger partial charge in [0.2, 0.25) is 5.91 Å². The smallest absolute Gasteiger partial charge is 0.242 e. The fraction of sp³-hybridized carbons (Fsp3) is 0.692. The van der Waals surface area contributed by atoms with Crippen LogP contribution in [0.5, 0.6) is 0 Å². The Morgan fingerprint density at radius 2 is 2.19 bits per heavy atom. The Kier molecular flexibility index (Phi) is 9.98. The zero-order chi connectivity index (χ0) is 15.0. The van der Waals surface area contributed by atoms with Gasteiger partial charge < -0.3 is 20.1 Å². The number of nitrogens with one attached hydrogen (secondary N) is 2. The summed E-state index contributed by atoms with van der Waals surface area (Å²) in [6.45, 7) is 3.43. The first kappa shape index (κ1) is 19.9. The van der Waals surface area contributed by atoms with Crippen LogP contribution in [0.4, 0.5) is 0 Å². The lowest BCUT2D eigenvalue weighted by Crippen LogP contribution is -2.42. The number of amides is 1. The van der Waals surface area contributed by atoms with E-state index in [9.17, 15) is 4.79 Å². The van der Waals surface area contributed by atoms with Crippen molar-refractivity contribution in [3.63, 3.8) is 0 Å². The van der Waals surface area contributed by atoms with Crippen LogP contribution in [-0.2, 0) is 21.3 Å². The summed E-state index contributed by atoms with van der Waals surface area (Å²) in [5.41, 5.74) is 0.833. The summed E-state index contributed by atoms with van der Waals surface area (Å²) in [6, 6.07) is -0.475. The van der Waals surface area contributed by atoms with Crippen LogP contribution >= 0.6 is 12.4 Å². The van der Waals surface area contributed by atoms with Crippen LogP contribution in [-0.4, -0.2) is 55.7 Å². The van der Waals surface area contributed by atoms with E-state index in [2.05, 4.69) is 15.7 Å². The molecule has 7 nitrogen and oxygen atoms in total. The first-order valence-corrected chi connectivity index (χ1v) is 6.61. The number of ether oxygens (including phenoxy) is 2. The van der Waals surface area contributed by atoms with Crippen LogP contribution in [0.2, 0.25) is 0 Å². The summed E-state index contributed by atoms with van der Waals surface area (Å²) in [7, 11) is 5.19. The second-order valence-corrected chi connectivity index (χ2v) is 4.65. The van der Waals surface area contributed by atoms with E-state index in [4.69, 9.17) is 9.47 Å². The molecule has 122 valence electrons. The molecule has 1 aromatic heterocycles. The molecule has 0 spiro atoms. The Labute approximate surface area is 131 Å². The summed E-state index contributed by atoms with van der Waals surface area (Å²) < 4.78 is 11.9. The van der Waals surface area contributed by atoms with Gasteiger partial charge in [-0.3, -0.25) is 9.48 Å². The molecule has 0 radical (unpaired) electrons. The van der Waals surface area contributed by atoms with Gasteiger partial charge in [0.25, 0.3) is 0 Å². The van der Waals surface area contributed by atoms with Crippen LogP contribution in [0.15, 0.2) is 12.4 Å². The third-order valence-electron chi connectivity index (χ3n) is 2.80. The van der Waals surface area contributed by atoms with Gasteiger partial charge in [-0.1, -0.05) is 0 Å². The van der Waals surface area contributed by atoms with Crippen molar-refractivity contribution in [3.05, 3.63) is 18.0 Å². The summed E-state index contributed by atoms with van der Waals surface area (Å²) in [6.07, 6.45) is 3.50. The fourth-order valence-electron chi connectivity index (χ4n) is 1.81. The van der Waals surface area contributed by atoms with Gasteiger partial charge in [0, 0.05) is 32.0 Å². The lowest BCUT2D eigenvalue weighted by Gasteiger charge is -2.19. The highest BCUT2D eigenvalue weighted by molar-refractivity contribution is 5.85. The predicted molar refractivity (Wildman–Crippen MR) is 82.6 cm³/mol. The van der Waals surface area contributed by atoms with Crippen molar-refractivity contribution in [3.8, 4) is 0 Å². The van der Waals surface area contributed by atoms with Gasteiger partial charge in [0.15, 0.2) is 0 Å². The number of nitrogens with zero attached hydrogens (tertiary/aromatic N) is 2. The van der Waals surface area contributed by atoms with Crippen molar-refractivity contribution in [2.75, 3.05) is 34.0 Å². The Hall–Kier alpha value is -1.15. The third-order valence-corrected chi connectivity index (χ3v) is 2.80. The molecule has 2 unspecified atom stereocenters. The highest BCUT2D eigenvalue weighted by Crippen LogP contribution is 2.11. The van der Waals surface area contributed by atoms with Crippen LogP contribution < -0.4 is 10.6 Å². The van der Waals surface area contributed by atoms with Gasteiger partial charge in [-0.15, -0.1) is 12.4 Å². The molecule has 0 saturated carbocycles. The average Bonchev–Trinajstić information content (AvgIpc) is 2.82. The molecule has 8 heteroatoms. The highest BCUT2D eigenvalue weighted by Gasteiger charge is 2.21. The molecule has 0 aromatic carbocycles. The number of aryl methyl sites for hydroxylation is 1. The second kappa shape index (κ2) is 10.6. The van der Waals surface area contributed by atoms with Crippen molar-refractivity contribution in [1.29, 1.82) is 0 Å². The van der Waals surface area contributed by atoms with Crippen LogP contribution in [0.25, 0.3) is 0 Å². The first-order valence-electron chi connectivity index (χ1n) is 6.61. The second-order valence-electron chi connectivity index (χ2n) is 4.65. The van der Waals surface area contributed by atoms with Crippen molar-refractivity contribution in [2.45, 2.75) is 19.0 Å². The molecule has 1 heterocycles. The number of halogens is 1. The molecule has 0 fully saturated rings. The van der Waals surface area contributed by atoms with Gasteiger partial charge in [0.05, 0.1) is 26.0 Å². The topological polar surface area (TPSA) is 77.4 Å². The minimum atomic E-state index is -0.412. The summed E-state index contributed by atoms with van der Waals surface area (Å²) in [5.74, 6) is -0.0941. The summed E-state index contributed by atoms with van der Waals surface area (Å²) in [5, 5.41) is 9.97. The maximum absolute atomic E-state index is 12.2. The number of aromatic nitrogens is 2. The molecule has 2 atom stereocenters. The zero-order valence-electron chi connectivity index (χ0n) is 13.0. The van der Waals surface area contributed by atoms with E-state index in [0.717, 1.165) is 5.56 Å². The lowest BCUT2D eigenvalue weighted by molar-refractivity contribution is -0.124. The van der Waals surface area contributed by atoms with Crippen molar-refractivity contribution < 1.29 is 14.3 Å². The normalized spacial score (nSPS) is 13.3. The summed E-state index contributed by atoms with van der Waals surface area (Å²) in [4.78, 5) is 12.2. The highest BCUT2D eigenvalue weighted by atomic mass is 35.5. The maximum Gasteiger partial charge on any atom is 0.242 e. The fourth-order valence-corrected chi connectivity index (χ4v) is 1.81. The van der Waals surface area contributed by atoms with Crippen LogP contribution in [0.3, 0.4) is 0 Å². The number of likely N-dealkylation sites (N-methyl/N-ethyl adjacent to an activating group) is 1. The monoisotopic (exact) mass is 320 g/mol. The van der Waals surface area contributed by atoms with Crippen LogP contribution in [0.1, 0.15) is 18.5 Å². The van der Waals surface area contributed by atoms with Gasteiger partial charge in [-0.25, -0.2) is 0 Å². The molecular weight excluding hydrogens is 296 g/mol. The van der Waals surface area contributed by atoms with E-state index in [-0.39, 0.29) is 24.4 Å². The van der Waals surface area contributed by atoms with Gasteiger partial charge in [-0.05, 0) is 14.0 Å². The van der Waals surface area contributed by atoms with Gasteiger partial charge in [-0.2, -0.15) is 5.10 Å². The van der Waals surface area contributed by atoms with E-state index in [0.29, 0.717) is 19.8 Å². The average molecular weight is 321 g/mol. The van der Waals surface area contributed by atoms with E-state index in [1.54, 1.807) is 25.0 Å². The number of methoxy groups -OCH3 is 1. The molecule has 1 aromatic rings. The molecule has 0 aliphatic carbocycles. The van der Waals surface area contributed by atoms with Gasteiger partial charge >= 0.3 is 0 Å². The van der Waals surface area contributed by atoms with Crippen LogP contribution in [0, 0.1) is 0 Å². The number of rotatable bonds is 9. The third kappa shape index (κ3) is 6.90. The quantitative estimate of drug-likeness (QED) is 0.639. The molecule has 1 rings (SSSR count). The molecule has 0 saturated heterocycles. The van der Waals surface area contributed by atoms with E-state index >= 15 is 0 Å². The Bertz CT molecular complexity index is 414. The molecule has 0 aliphatic heterocycles. The Balaban J connectivity index is 0.00000400. The van der Waals surface area contributed by atoms with E-state index in [1.807, 2.05) is 20.2 Å². The SMILES string of the molecule is CNC(C(=O)NC(C)COCCOC)c1cnn(C)c1.Cl. The standard InChI is InChI=1S/C13H24N4O3.ClH/c1-10(9-20-6-5-19-4)16-13(18)12(14-2)11-7-15-17(3)8-11;/h7-8,10,12,14H,5-6,9H2,1-4H3,(H,16,18);1H. The number of hydrogen-bond donors (Lipinski definition) is 2. The van der Waals surface area contributed by atoms with E-state index in [1.165, 1.54) is 0 Å². The number of carbonyl (C=O) groups is 1. The predicted octanol–water partition coefficient (Wildman–Crippen LogP) is 0.270. The maximum atomic E-state index is 12.2. The van der Waals surface area contributed by atoms with Crippen molar-refractivity contribution >= 4 is 18.3 Å². The number of hydrogen-bond acceptors (Lipinski definition) is 5. The summed E-state index contributed by atoms with van der Waals surface area (Å²) >= 11 is 0. The Morgan fingerprint density at radius 3 is 2.71 bits per heavy atom. The molecule has 2 N–H and O–H groups in total. The molecule has 0 aliphatic rings.